The summed E-state index contributed by atoms with van der Waals surface area (Å²) in [6, 6.07) is 9.89. The van der Waals surface area contributed by atoms with Crippen LogP contribution in [-0.2, 0) is 4.74 Å². The number of benzene rings is 1. The molecule has 5 rings (SSSR count). The molecule has 0 spiro atoms. The monoisotopic (exact) mass is 523 g/mol. The van der Waals surface area contributed by atoms with Crippen molar-refractivity contribution in [2.45, 2.75) is 50.7 Å². The van der Waals surface area contributed by atoms with E-state index in [1.807, 2.05) is 6.21 Å². The second kappa shape index (κ2) is 11.9. The molecule has 0 bridgehead atoms. The molecule has 2 saturated heterocycles. The number of hydrogen-bond donors (Lipinski definition) is 2. The second-order valence-electron chi connectivity index (χ2n) is 11.0. The zero-order chi connectivity index (χ0) is 26.6. The lowest BCUT2D eigenvalue weighted by Gasteiger charge is -2.38. The van der Waals surface area contributed by atoms with E-state index in [9.17, 15) is 15.0 Å². The number of ether oxygens (including phenoxy) is 1. The van der Waals surface area contributed by atoms with E-state index in [2.05, 4.69) is 70.2 Å². The number of amides is 1. The molecule has 1 unspecified atom stereocenters. The van der Waals surface area contributed by atoms with Gasteiger partial charge >= 0.3 is 6.09 Å². The van der Waals surface area contributed by atoms with E-state index in [0.717, 1.165) is 17.9 Å². The fourth-order valence-corrected chi connectivity index (χ4v) is 5.92. The molecule has 2 fully saturated rings. The summed E-state index contributed by atoms with van der Waals surface area (Å²) >= 11 is 0. The standard InChI is InChI=1S/C29H41N5O4/c1-21(2)31-11-8-24(9-12-31)22-3-5-23(6-4-22)25-17-28-27(7-10-30-34(28)18-25)32-13-15-33(16-14-32)29(37)38-26(19-35)20-36/h3-7,10,17,21,24-26,35-36H,8-9,11-16,18-20H2,1-2H3. The fraction of sp³-hybridized carbons (Fsp3) is 0.586. The number of nitrogens with zero attached hydrogens (tertiary/aromatic N) is 5. The van der Waals surface area contributed by atoms with Gasteiger partial charge in [-0.15, -0.1) is 0 Å². The number of piperidine rings is 1. The molecule has 4 heterocycles. The van der Waals surface area contributed by atoms with Crippen molar-refractivity contribution in [1.82, 2.24) is 19.7 Å². The maximum Gasteiger partial charge on any atom is 0.410 e. The van der Waals surface area contributed by atoms with Crippen LogP contribution in [0.25, 0.3) is 0 Å². The highest BCUT2D eigenvalue weighted by atomic mass is 16.6. The Kier molecular flexibility index (Phi) is 8.35. The molecule has 206 valence electrons. The molecule has 1 aromatic rings. The number of aliphatic hydroxyl groups is 2. The SMILES string of the molecule is CC(C)N1CCC(c2ccc(C3C=C4C(N5CCN(C(=O)OC(CO)CO)CC5)=CC=NN4C3)cc2)CC1. The lowest BCUT2D eigenvalue weighted by atomic mass is 9.87. The Labute approximate surface area is 225 Å². The number of allylic oxidation sites excluding steroid dienone is 1. The van der Waals surface area contributed by atoms with E-state index in [4.69, 9.17) is 4.74 Å². The minimum absolute atomic E-state index is 0.283. The maximum absolute atomic E-state index is 12.4. The number of hydrazone groups is 1. The lowest BCUT2D eigenvalue weighted by Crippen LogP contribution is -2.50. The van der Waals surface area contributed by atoms with Crippen LogP contribution in [0, 0.1) is 0 Å². The van der Waals surface area contributed by atoms with Gasteiger partial charge in [0.1, 0.15) is 6.10 Å². The van der Waals surface area contributed by atoms with E-state index in [1.54, 1.807) is 4.90 Å². The van der Waals surface area contributed by atoms with Crippen LogP contribution >= 0.6 is 0 Å². The van der Waals surface area contributed by atoms with Crippen LogP contribution < -0.4 is 0 Å². The van der Waals surface area contributed by atoms with Crippen molar-refractivity contribution in [3.05, 3.63) is 58.9 Å². The van der Waals surface area contributed by atoms with Gasteiger partial charge in [0, 0.05) is 44.4 Å². The number of likely N-dealkylation sites (tertiary alicyclic amines) is 1. The quantitative estimate of drug-likeness (QED) is 0.568. The van der Waals surface area contributed by atoms with Gasteiger partial charge in [-0.2, -0.15) is 5.10 Å². The molecule has 38 heavy (non-hydrogen) atoms. The van der Waals surface area contributed by atoms with Crippen LogP contribution in [-0.4, -0.2) is 113 Å². The van der Waals surface area contributed by atoms with Gasteiger partial charge < -0.3 is 29.6 Å². The van der Waals surface area contributed by atoms with Crippen LogP contribution in [0.1, 0.15) is 49.7 Å². The minimum atomic E-state index is -0.876. The molecule has 9 nitrogen and oxygen atoms in total. The van der Waals surface area contributed by atoms with Crippen LogP contribution in [0.4, 0.5) is 4.79 Å². The first-order valence-corrected chi connectivity index (χ1v) is 14.0. The first-order chi connectivity index (χ1) is 18.5. The number of aliphatic hydroxyl groups excluding tert-OH is 2. The number of hydrogen-bond acceptors (Lipinski definition) is 8. The third-order valence-electron chi connectivity index (χ3n) is 8.36. The number of fused-ring (bicyclic) bond motifs is 1. The number of carbonyl (C=O) groups excluding carboxylic acids is 1. The average molecular weight is 524 g/mol. The number of rotatable bonds is 7. The Hall–Kier alpha value is -2.88. The number of carbonyl (C=O) groups is 1. The molecule has 1 atom stereocenters. The van der Waals surface area contributed by atoms with Crippen LogP contribution in [0.2, 0.25) is 0 Å². The summed E-state index contributed by atoms with van der Waals surface area (Å²) < 4.78 is 5.17. The van der Waals surface area contributed by atoms with Crippen LogP contribution in [0.15, 0.2) is 52.9 Å². The molecule has 9 heteroatoms. The van der Waals surface area contributed by atoms with Crippen molar-refractivity contribution in [2.75, 3.05) is 59.0 Å². The van der Waals surface area contributed by atoms with Crippen molar-refractivity contribution in [3.63, 3.8) is 0 Å². The van der Waals surface area contributed by atoms with Crippen molar-refractivity contribution in [1.29, 1.82) is 0 Å². The molecular formula is C29H41N5O4. The van der Waals surface area contributed by atoms with Gasteiger partial charge in [0.15, 0.2) is 0 Å². The second-order valence-corrected chi connectivity index (χ2v) is 11.0. The summed E-state index contributed by atoms with van der Waals surface area (Å²) in [5.41, 5.74) is 5.03. The first kappa shape index (κ1) is 26.7. The van der Waals surface area contributed by atoms with E-state index in [0.29, 0.717) is 38.1 Å². The van der Waals surface area contributed by atoms with Crippen LogP contribution in [0.3, 0.4) is 0 Å². The van der Waals surface area contributed by atoms with Gasteiger partial charge in [-0.1, -0.05) is 24.3 Å². The smallest absolute Gasteiger partial charge is 0.410 e. The summed E-state index contributed by atoms with van der Waals surface area (Å²) in [6.07, 6.45) is 7.33. The Morgan fingerprint density at radius 2 is 1.63 bits per heavy atom. The number of piperazine rings is 1. The fourth-order valence-electron chi connectivity index (χ4n) is 5.92. The zero-order valence-electron chi connectivity index (χ0n) is 22.6. The maximum atomic E-state index is 12.4. The average Bonchev–Trinajstić information content (AvgIpc) is 3.41. The summed E-state index contributed by atoms with van der Waals surface area (Å²) in [5, 5.41) is 25.1. The molecule has 1 aromatic carbocycles. The zero-order valence-corrected chi connectivity index (χ0v) is 22.6. The molecule has 0 saturated carbocycles. The predicted molar refractivity (Wildman–Crippen MR) is 147 cm³/mol. The molecular weight excluding hydrogens is 482 g/mol. The topological polar surface area (TPSA) is 92.1 Å². The summed E-state index contributed by atoms with van der Waals surface area (Å²) in [5.74, 6) is 0.936. The minimum Gasteiger partial charge on any atom is -0.441 e. The predicted octanol–water partition coefficient (Wildman–Crippen LogP) is 2.55. The third kappa shape index (κ3) is 5.75. The highest BCUT2D eigenvalue weighted by Crippen LogP contribution is 2.36. The molecule has 0 radical (unpaired) electrons. The van der Waals surface area contributed by atoms with Gasteiger partial charge in [-0.05, 0) is 69.0 Å². The first-order valence-electron chi connectivity index (χ1n) is 14.0. The summed E-state index contributed by atoms with van der Waals surface area (Å²) in [4.78, 5) is 18.9. The summed E-state index contributed by atoms with van der Waals surface area (Å²) in [7, 11) is 0. The molecule has 2 N–H and O–H groups in total. The van der Waals surface area contributed by atoms with E-state index < -0.39 is 12.2 Å². The molecule has 0 aromatic heterocycles. The van der Waals surface area contributed by atoms with Crippen molar-refractivity contribution in [3.8, 4) is 0 Å². The largest absolute Gasteiger partial charge is 0.441 e. The van der Waals surface area contributed by atoms with Crippen LogP contribution in [0.5, 0.6) is 0 Å². The van der Waals surface area contributed by atoms with Crippen molar-refractivity contribution in [2.24, 2.45) is 5.10 Å². The van der Waals surface area contributed by atoms with Gasteiger partial charge in [-0.25, -0.2) is 4.79 Å². The third-order valence-corrected chi connectivity index (χ3v) is 8.36. The highest BCUT2D eigenvalue weighted by Gasteiger charge is 2.33. The molecule has 4 aliphatic heterocycles. The van der Waals surface area contributed by atoms with Gasteiger partial charge in [0.05, 0.1) is 31.2 Å². The molecule has 1 amide bonds. The van der Waals surface area contributed by atoms with E-state index in [1.165, 1.54) is 37.1 Å². The Morgan fingerprint density at radius 3 is 2.26 bits per heavy atom. The molecule has 0 aliphatic carbocycles. The Balaban J connectivity index is 1.19. The van der Waals surface area contributed by atoms with Gasteiger partial charge in [-0.3, -0.25) is 5.01 Å². The van der Waals surface area contributed by atoms with Gasteiger partial charge in [0.2, 0.25) is 0 Å². The Morgan fingerprint density at radius 1 is 0.974 bits per heavy atom. The highest BCUT2D eigenvalue weighted by molar-refractivity contribution is 5.75. The normalized spacial score (nSPS) is 22.7. The van der Waals surface area contributed by atoms with E-state index in [-0.39, 0.29) is 19.1 Å². The Bertz CT molecular complexity index is 1050. The lowest BCUT2D eigenvalue weighted by molar-refractivity contribution is -0.000292. The summed E-state index contributed by atoms with van der Waals surface area (Å²) in [6.45, 7) is 9.38. The van der Waals surface area contributed by atoms with E-state index >= 15 is 0 Å². The van der Waals surface area contributed by atoms with Gasteiger partial charge in [0.25, 0.3) is 0 Å². The van der Waals surface area contributed by atoms with Crippen molar-refractivity contribution >= 4 is 12.3 Å². The molecule has 4 aliphatic rings. The van der Waals surface area contributed by atoms with Crippen molar-refractivity contribution < 1.29 is 19.7 Å².